The van der Waals surface area contributed by atoms with Gasteiger partial charge in [-0.05, 0) is 55.0 Å². The molecule has 0 spiro atoms. The third-order valence-corrected chi connectivity index (χ3v) is 8.38. The normalized spacial score (nSPS) is 16.3. The van der Waals surface area contributed by atoms with E-state index in [9.17, 15) is 22.8 Å². The number of benzene rings is 2. The molecule has 2 aliphatic rings. The topological polar surface area (TPSA) is 61.9 Å². The number of carbonyl (C=O) groups is 2. The Balaban J connectivity index is 0.00000226. The van der Waals surface area contributed by atoms with Crippen LogP contribution in [-0.2, 0) is 20.5 Å². The minimum Gasteiger partial charge on any atom is -0.378 e. The first-order chi connectivity index (χ1) is 19.8. The van der Waals surface area contributed by atoms with Crippen LogP contribution in [0.1, 0.15) is 69.9 Å². The Labute approximate surface area is 246 Å². The van der Waals surface area contributed by atoms with Gasteiger partial charge in [-0.2, -0.15) is 13.2 Å². The van der Waals surface area contributed by atoms with Gasteiger partial charge in [0.2, 0.25) is 11.8 Å². The molecule has 6 nitrogen and oxygen atoms in total. The Bertz CT molecular complexity index is 1140. The number of hydrogen-bond acceptors (Lipinski definition) is 5. The SMILES string of the molecule is CC.CCC(CC(=O)NCCCN1CCCC1=O)c1ccc(Sc2ccccc2N2CCOCC2)c(C(F)(F)F)c1. The summed E-state index contributed by atoms with van der Waals surface area (Å²) in [6.07, 6.45) is -1.75. The molecule has 2 amide bonds. The molecule has 1 atom stereocenters. The summed E-state index contributed by atoms with van der Waals surface area (Å²) in [5.74, 6) is -0.369. The van der Waals surface area contributed by atoms with Crippen molar-refractivity contribution in [3.05, 3.63) is 53.6 Å². The number of anilines is 1. The molecule has 0 aromatic heterocycles. The second-order valence-electron chi connectivity index (χ2n) is 9.92. The smallest absolute Gasteiger partial charge is 0.378 e. The second-order valence-corrected chi connectivity index (χ2v) is 11.0. The number of ether oxygens (including phenoxy) is 1. The Hall–Kier alpha value is -2.72. The van der Waals surface area contributed by atoms with Gasteiger partial charge in [0.25, 0.3) is 0 Å². The summed E-state index contributed by atoms with van der Waals surface area (Å²) in [4.78, 5) is 29.1. The van der Waals surface area contributed by atoms with E-state index in [0.29, 0.717) is 64.2 Å². The zero-order valence-electron chi connectivity index (χ0n) is 24.3. The van der Waals surface area contributed by atoms with Crippen molar-refractivity contribution in [2.24, 2.45) is 0 Å². The highest BCUT2D eigenvalue weighted by Gasteiger charge is 2.35. The molecule has 10 heteroatoms. The molecule has 2 heterocycles. The number of nitrogens with one attached hydrogen (secondary N) is 1. The molecular formula is C31H42F3N3O3S. The average molecular weight is 594 g/mol. The number of rotatable bonds is 11. The van der Waals surface area contributed by atoms with Crippen LogP contribution in [0.15, 0.2) is 52.3 Å². The fourth-order valence-electron chi connectivity index (χ4n) is 5.07. The third kappa shape index (κ3) is 9.39. The minimum absolute atomic E-state index is 0.114. The van der Waals surface area contributed by atoms with E-state index in [4.69, 9.17) is 4.74 Å². The van der Waals surface area contributed by atoms with E-state index in [1.54, 1.807) is 11.0 Å². The number of amides is 2. The minimum atomic E-state index is -4.53. The molecule has 0 radical (unpaired) electrons. The number of likely N-dealkylation sites (tertiary alicyclic amines) is 1. The molecule has 0 saturated carbocycles. The summed E-state index contributed by atoms with van der Waals surface area (Å²) >= 11 is 1.12. The van der Waals surface area contributed by atoms with E-state index in [0.717, 1.165) is 35.3 Å². The Morgan fingerprint density at radius 2 is 1.80 bits per heavy atom. The maximum absolute atomic E-state index is 14.2. The fourth-order valence-corrected chi connectivity index (χ4v) is 6.18. The van der Waals surface area contributed by atoms with Gasteiger partial charge in [-0.3, -0.25) is 9.59 Å². The molecule has 2 aromatic rings. The largest absolute Gasteiger partial charge is 0.417 e. The predicted octanol–water partition coefficient (Wildman–Crippen LogP) is 6.73. The van der Waals surface area contributed by atoms with Gasteiger partial charge in [-0.15, -0.1) is 0 Å². The van der Waals surface area contributed by atoms with Crippen molar-refractivity contribution in [2.75, 3.05) is 50.8 Å². The van der Waals surface area contributed by atoms with Crippen LogP contribution in [0, 0.1) is 0 Å². The summed E-state index contributed by atoms with van der Waals surface area (Å²) in [5, 5.41) is 2.87. The second kappa shape index (κ2) is 16.1. The Morgan fingerprint density at radius 1 is 1.07 bits per heavy atom. The van der Waals surface area contributed by atoms with Crippen LogP contribution >= 0.6 is 11.8 Å². The van der Waals surface area contributed by atoms with Gasteiger partial charge in [0, 0.05) is 55.4 Å². The van der Waals surface area contributed by atoms with Gasteiger partial charge in [-0.25, -0.2) is 0 Å². The predicted molar refractivity (Wildman–Crippen MR) is 157 cm³/mol. The monoisotopic (exact) mass is 593 g/mol. The number of para-hydroxylation sites is 1. The molecule has 0 bridgehead atoms. The van der Waals surface area contributed by atoms with Crippen molar-refractivity contribution in [3.8, 4) is 0 Å². The first-order valence-corrected chi connectivity index (χ1v) is 15.4. The molecule has 226 valence electrons. The maximum atomic E-state index is 14.2. The van der Waals surface area contributed by atoms with Gasteiger partial charge in [0.1, 0.15) is 0 Å². The van der Waals surface area contributed by atoms with Crippen molar-refractivity contribution < 1.29 is 27.5 Å². The number of alkyl halides is 3. The highest BCUT2D eigenvalue weighted by Crippen LogP contribution is 2.44. The number of nitrogens with zero attached hydrogens (tertiary/aromatic N) is 2. The van der Waals surface area contributed by atoms with E-state index in [1.807, 2.05) is 45.0 Å². The maximum Gasteiger partial charge on any atom is 0.417 e. The van der Waals surface area contributed by atoms with Gasteiger partial charge in [0.15, 0.2) is 0 Å². The molecule has 2 aromatic carbocycles. The Kier molecular flexibility index (Phi) is 12.8. The number of morpholine rings is 1. The molecule has 0 aliphatic carbocycles. The molecule has 1 unspecified atom stereocenters. The van der Waals surface area contributed by atoms with Gasteiger partial charge < -0.3 is 19.9 Å². The number of carbonyl (C=O) groups excluding carboxylic acids is 2. The van der Waals surface area contributed by atoms with Crippen LogP contribution in [0.2, 0.25) is 0 Å². The molecule has 2 aliphatic heterocycles. The van der Waals surface area contributed by atoms with Crippen LogP contribution in [0.25, 0.3) is 0 Å². The lowest BCUT2D eigenvalue weighted by Crippen LogP contribution is -2.36. The quantitative estimate of drug-likeness (QED) is 0.293. The lowest BCUT2D eigenvalue weighted by Gasteiger charge is -2.30. The van der Waals surface area contributed by atoms with E-state index < -0.39 is 11.7 Å². The van der Waals surface area contributed by atoms with Crippen LogP contribution in [0.4, 0.5) is 18.9 Å². The van der Waals surface area contributed by atoms with Crippen molar-refractivity contribution in [3.63, 3.8) is 0 Å². The van der Waals surface area contributed by atoms with E-state index >= 15 is 0 Å². The van der Waals surface area contributed by atoms with Crippen molar-refractivity contribution in [2.45, 2.75) is 74.8 Å². The Morgan fingerprint density at radius 3 is 2.46 bits per heavy atom. The van der Waals surface area contributed by atoms with Crippen LogP contribution in [0.3, 0.4) is 0 Å². The van der Waals surface area contributed by atoms with Crippen LogP contribution in [-0.4, -0.2) is 62.7 Å². The first kappa shape index (κ1) is 32.8. The molecule has 4 rings (SSSR count). The summed E-state index contributed by atoms with van der Waals surface area (Å²) in [6, 6.07) is 12.0. The molecule has 2 saturated heterocycles. The summed E-state index contributed by atoms with van der Waals surface area (Å²) in [6.45, 7) is 10.3. The fraction of sp³-hybridized carbons (Fsp3) is 0.548. The highest BCUT2D eigenvalue weighted by atomic mass is 32.2. The third-order valence-electron chi connectivity index (χ3n) is 7.24. The van der Waals surface area contributed by atoms with Crippen molar-refractivity contribution in [1.29, 1.82) is 0 Å². The summed E-state index contributed by atoms with van der Waals surface area (Å²) < 4.78 is 48.1. The molecular weight excluding hydrogens is 551 g/mol. The van der Waals surface area contributed by atoms with Gasteiger partial charge in [-0.1, -0.05) is 50.7 Å². The average Bonchev–Trinajstić information content (AvgIpc) is 3.40. The van der Waals surface area contributed by atoms with Crippen molar-refractivity contribution >= 4 is 29.3 Å². The highest BCUT2D eigenvalue weighted by molar-refractivity contribution is 7.99. The zero-order valence-corrected chi connectivity index (χ0v) is 25.1. The van der Waals surface area contributed by atoms with Gasteiger partial charge >= 0.3 is 6.18 Å². The lowest BCUT2D eigenvalue weighted by atomic mass is 9.91. The van der Waals surface area contributed by atoms with E-state index in [-0.39, 0.29) is 29.0 Å². The van der Waals surface area contributed by atoms with Crippen LogP contribution < -0.4 is 10.2 Å². The summed E-state index contributed by atoms with van der Waals surface area (Å²) in [5.41, 5.74) is 0.726. The molecule has 41 heavy (non-hydrogen) atoms. The molecule has 2 fully saturated rings. The van der Waals surface area contributed by atoms with Crippen LogP contribution in [0.5, 0.6) is 0 Å². The first-order valence-electron chi connectivity index (χ1n) is 14.6. The lowest BCUT2D eigenvalue weighted by molar-refractivity contribution is -0.139. The number of halogens is 3. The van der Waals surface area contributed by atoms with E-state index in [2.05, 4.69) is 10.2 Å². The van der Waals surface area contributed by atoms with Gasteiger partial charge in [0.05, 0.1) is 24.5 Å². The summed E-state index contributed by atoms with van der Waals surface area (Å²) in [7, 11) is 0. The van der Waals surface area contributed by atoms with E-state index in [1.165, 1.54) is 12.1 Å². The number of hydrogen-bond donors (Lipinski definition) is 1. The zero-order chi connectivity index (χ0) is 29.8. The van der Waals surface area contributed by atoms with Crippen molar-refractivity contribution in [1.82, 2.24) is 10.2 Å². The molecule has 1 N–H and O–H groups in total. The standard InChI is InChI=1S/C29H36F3N3O3S.C2H6/c1-2-21(20-27(36)33-12-6-14-35-13-5-9-28(35)37)22-10-11-25(23(19-22)29(30,31)32)39-26-8-4-3-7-24(26)34-15-17-38-18-16-34;1-2/h3-4,7-8,10-11,19,21H,2,5-6,9,12-18,20H2,1H3,(H,33,36);1-2H3.